The van der Waals surface area contributed by atoms with Gasteiger partial charge in [-0.05, 0) is 44.7 Å². The van der Waals surface area contributed by atoms with Crippen molar-refractivity contribution in [3.8, 4) is 0 Å². The summed E-state index contributed by atoms with van der Waals surface area (Å²) in [7, 11) is 0. The van der Waals surface area contributed by atoms with Crippen molar-refractivity contribution in [3.63, 3.8) is 0 Å². The summed E-state index contributed by atoms with van der Waals surface area (Å²) in [4.78, 5) is 16.6. The Bertz CT molecular complexity index is 406. The zero-order chi connectivity index (χ0) is 13.1. The Hall–Kier alpha value is -0.870. The predicted octanol–water partition coefficient (Wildman–Crippen LogP) is 2.18. The Labute approximate surface area is 113 Å². The molecule has 1 amide bonds. The van der Waals surface area contributed by atoms with Gasteiger partial charge in [0.2, 0.25) is 5.91 Å². The SMILES string of the molecule is Cc1ccc(CC(=O)N2CCC(C(C)N)CC2)s1. The summed E-state index contributed by atoms with van der Waals surface area (Å²) in [5.41, 5.74) is 5.91. The van der Waals surface area contributed by atoms with Crippen LogP contribution in [0.4, 0.5) is 0 Å². The molecular formula is C14H22N2OS. The molecule has 1 aromatic heterocycles. The fraction of sp³-hybridized carbons (Fsp3) is 0.643. The van der Waals surface area contributed by atoms with E-state index in [2.05, 4.69) is 26.0 Å². The maximum Gasteiger partial charge on any atom is 0.227 e. The molecule has 2 N–H and O–H groups in total. The van der Waals surface area contributed by atoms with Crippen LogP contribution in [0.15, 0.2) is 12.1 Å². The molecule has 0 aliphatic carbocycles. The normalized spacial score (nSPS) is 18.9. The smallest absolute Gasteiger partial charge is 0.227 e. The van der Waals surface area contributed by atoms with E-state index in [1.165, 1.54) is 9.75 Å². The number of likely N-dealkylation sites (tertiary alicyclic amines) is 1. The van der Waals surface area contributed by atoms with Gasteiger partial charge in [0, 0.05) is 28.9 Å². The second-order valence-corrected chi connectivity index (χ2v) is 6.64. The van der Waals surface area contributed by atoms with Crippen LogP contribution >= 0.6 is 11.3 Å². The van der Waals surface area contributed by atoms with Gasteiger partial charge in [-0.3, -0.25) is 4.79 Å². The number of hydrogen-bond donors (Lipinski definition) is 1. The lowest BCUT2D eigenvalue weighted by Crippen LogP contribution is -2.43. The molecule has 0 aromatic carbocycles. The first-order valence-electron chi connectivity index (χ1n) is 6.65. The Morgan fingerprint density at radius 2 is 2.17 bits per heavy atom. The van der Waals surface area contributed by atoms with Crippen molar-refractivity contribution in [1.29, 1.82) is 0 Å². The van der Waals surface area contributed by atoms with Gasteiger partial charge >= 0.3 is 0 Å². The van der Waals surface area contributed by atoms with Crippen LogP contribution < -0.4 is 5.73 Å². The molecule has 0 saturated carbocycles. The molecule has 1 aliphatic rings. The lowest BCUT2D eigenvalue weighted by atomic mass is 9.91. The van der Waals surface area contributed by atoms with Gasteiger partial charge in [0.15, 0.2) is 0 Å². The van der Waals surface area contributed by atoms with E-state index in [4.69, 9.17) is 5.73 Å². The van der Waals surface area contributed by atoms with Crippen LogP contribution in [-0.4, -0.2) is 29.9 Å². The second kappa shape index (κ2) is 5.85. The summed E-state index contributed by atoms with van der Waals surface area (Å²) in [6.07, 6.45) is 2.65. The Kier molecular flexibility index (Phi) is 4.40. The zero-order valence-corrected chi connectivity index (χ0v) is 12.0. The van der Waals surface area contributed by atoms with E-state index in [-0.39, 0.29) is 11.9 Å². The van der Waals surface area contributed by atoms with Crippen LogP contribution in [0.2, 0.25) is 0 Å². The molecule has 0 bridgehead atoms. The van der Waals surface area contributed by atoms with E-state index in [9.17, 15) is 4.79 Å². The molecule has 1 fully saturated rings. The van der Waals surface area contributed by atoms with Crippen LogP contribution in [0, 0.1) is 12.8 Å². The van der Waals surface area contributed by atoms with Crippen molar-refractivity contribution in [3.05, 3.63) is 21.9 Å². The summed E-state index contributed by atoms with van der Waals surface area (Å²) in [6, 6.07) is 4.39. The topological polar surface area (TPSA) is 46.3 Å². The molecule has 0 radical (unpaired) electrons. The third-order valence-corrected chi connectivity index (χ3v) is 4.76. The molecule has 18 heavy (non-hydrogen) atoms. The third-order valence-electron chi connectivity index (χ3n) is 3.76. The fourth-order valence-electron chi connectivity index (χ4n) is 2.52. The molecule has 2 heterocycles. The number of hydrogen-bond acceptors (Lipinski definition) is 3. The monoisotopic (exact) mass is 266 g/mol. The van der Waals surface area contributed by atoms with Gasteiger partial charge in [-0.2, -0.15) is 0 Å². The van der Waals surface area contributed by atoms with E-state index >= 15 is 0 Å². The lowest BCUT2D eigenvalue weighted by molar-refractivity contribution is -0.131. The molecule has 4 heteroatoms. The summed E-state index contributed by atoms with van der Waals surface area (Å²) < 4.78 is 0. The predicted molar refractivity (Wildman–Crippen MR) is 75.7 cm³/mol. The van der Waals surface area contributed by atoms with E-state index in [1.807, 2.05) is 4.90 Å². The van der Waals surface area contributed by atoms with Crippen molar-refractivity contribution >= 4 is 17.2 Å². The summed E-state index contributed by atoms with van der Waals surface area (Å²) in [5, 5.41) is 0. The van der Waals surface area contributed by atoms with Gasteiger partial charge in [-0.25, -0.2) is 0 Å². The Morgan fingerprint density at radius 3 is 2.67 bits per heavy atom. The highest BCUT2D eigenvalue weighted by molar-refractivity contribution is 7.12. The maximum atomic E-state index is 12.2. The highest BCUT2D eigenvalue weighted by Crippen LogP contribution is 2.21. The Balaban J connectivity index is 1.84. The lowest BCUT2D eigenvalue weighted by Gasteiger charge is -2.33. The molecule has 1 saturated heterocycles. The van der Waals surface area contributed by atoms with Gasteiger partial charge < -0.3 is 10.6 Å². The van der Waals surface area contributed by atoms with Gasteiger partial charge in [0.1, 0.15) is 0 Å². The first-order chi connectivity index (χ1) is 8.56. The van der Waals surface area contributed by atoms with E-state index in [0.29, 0.717) is 12.3 Å². The largest absolute Gasteiger partial charge is 0.342 e. The van der Waals surface area contributed by atoms with E-state index in [1.54, 1.807) is 11.3 Å². The van der Waals surface area contributed by atoms with Gasteiger partial charge in [-0.15, -0.1) is 11.3 Å². The fourth-order valence-corrected chi connectivity index (χ4v) is 3.40. The average molecular weight is 266 g/mol. The number of piperidine rings is 1. The number of carbonyl (C=O) groups is 1. The van der Waals surface area contributed by atoms with Crippen molar-refractivity contribution in [2.24, 2.45) is 11.7 Å². The molecule has 0 spiro atoms. The van der Waals surface area contributed by atoms with Gasteiger partial charge in [-0.1, -0.05) is 0 Å². The van der Waals surface area contributed by atoms with E-state index < -0.39 is 0 Å². The van der Waals surface area contributed by atoms with Crippen molar-refractivity contribution in [2.45, 2.75) is 39.2 Å². The van der Waals surface area contributed by atoms with Gasteiger partial charge in [0.05, 0.1) is 6.42 Å². The minimum Gasteiger partial charge on any atom is -0.342 e. The number of nitrogens with two attached hydrogens (primary N) is 1. The van der Waals surface area contributed by atoms with Gasteiger partial charge in [0.25, 0.3) is 0 Å². The Morgan fingerprint density at radius 1 is 1.50 bits per heavy atom. The second-order valence-electron chi connectivity index (χ2n) is 5.27. The molecular weight excluding hydrogens is 244 g/mol. The number of rotatable bonds is 3. The van der Waals surface area contributed by atoms with E-state index in [0.717, 1.165) is 25.9 Å². The summed E-state index contributed by atoms with van der Waals surface area (Å²) in [6.45, 7) is 5.88. The number of amides is 1. The maximum absolute atomic E-state index is 12.2. The molecule has 3 nitrogen and oxygen atoms in total. The third kappa shape index (κ3) is 3.33. The quantitative estimate of drug-likeness (QED) is 0.911. The highest BCUT2D eigenvalue weighted by atomic mass is 32.1. The molecule has 1 atom stereocenters. The standard InChI is InChI=1S/C14H22N2OS/c1-10-3-4-13(18-10)9-14(17)16-7-5-12(6-8-16)11(2)15/h3-4,11-12H,5-9,15H2,1-2H3. The van der Waals surface area contributed by atoms with Crippen LogP contribution in [0.5, 0.6) is 0 Å². The van der Waals surface area contributed by atoms with Crippen molar-refractivity contribution < 1.29 is 4.79 Å². The minimum absolute atomic E-state index is 0.252. The zero-order valence-electron chi connectivity index (χ0n) is 11.2. The molecule has 2 rings (SSSR count). The summed E-state index contributed by atoms with van der Waals surface area (Å²) in [5.74, 6) is 0.845. The van der Waals surface area contributed by atoms with Crippen LogP contribution in [0.1, 0.15) is 29.5 Å². The molecule has 1 aliphatic heterocycles. The summed E-state index contributed by atoms with van der Waals surface area (Å²) >= 11 is 1.72. The number of aryl methyl sites for hydroxylation is 1. The number of nitrogens with zero attached hydrogens (tertiary/aromatic N) is 1. The van der Waals surface area contributed by atoms with Crippen molar-refractivity contribution in [1.82, 2.24) is 4.90 Å². The first kappa shape index (κ1) is 13.6. The molecule has 1 unspecified atom stereocenters. The van der Waals surface area contributed by atoms with Crippen molar-refractivity contribution in [2.75, 3.05) is 13.1 Å². The van der Waals surface area contributed by atoms with Crippen LogP contribution in [-0.2, 0) is 11.2 Å². The first-order valence-corrected chi connectivity index (χ1v) is 7.46. The molecule has 1 aromatic rings. The average Bonchev–Trinajstić information content (AvgIpc) is 2.75. The number of carbonyl (C=O) groups excluding carboxylic acids is 1. The van der Waals surface area contributed by atoms with Crippen LogP contribution in [0.25, 0.3) is 0 Å². The number of thiophene rings is 1. The highest BCUT2D eigenvalue weighted by Gasteiger charge is 2.24. The minimum atomic E-state index is 0.252. The molecule has 100 valence electrons. The van der Waals surface area contributed by atoms with Crippen LogP contribution in [0.3, 0.4) is 0 Å².